The van der Waals surface area contributed by atoms with Gasteiger partial charge in [-0.3, -0.25) is 0 Å². The summed E-state index contributed by atoms with van der Waals surface area (Å²) in [6.45, 7) is 1.98. The second-order valence-corrected chi connectivity index (χ2v) is 3.91. The molecule has 2 aromatic heterocycles. The summed E-state index contributed by atoms with van der Waals surface area (Å²) in [7, 11) is 1.90. The van der Waals surface area contributed by atoms with Gasteiger partial charge in [-0.2, -0.15) is 0 Å². The van der Waals surface area contributed by atoms with Crippen LogP contribution >= 0.6 is 11.6 Å². The van der Waals surface area contributed by atoms with Crippen molar-refractivity contribution in [3.63, 3.8) is 0 Å². The Morgan fingerprint density at radius 1 is 1.50 bits per heavy atom. The lowest BCUT2D eigenvalue weighted by atomic mass is 10.3. The number of hydrogen-bond donors (Lipinski definition) is 1. The number of nitrogens with zero attached hydrogens (tertiary/aromatic N) is 4. The van der Waals surface area contributed by atoms with Crippen molar-refractivity contribution >= 4 is 17.4 Å². The van der Waals surface area contributed by atoms with Gasteiger partial charge in [0.15, 0.2) is 5.82 Å². The Morgan fingerprint density at radius 2 is 2.31 bits per heavy atom. The maximum Gasteiger partial charge on any atom is 0.154 e. The molecule has 0 aliphatic carbocycles. The Bertz CT molecular complexity index is 482. The van der Waals surface area contributed by atoms with Crippen LogP contribution in [0.15, 0.2) is 24.7 Å². The fourth-order valence-corrected chi connectivity index (χ4v) is 1.62. The lowest BCUT2D eigenvalue weighted by Crippen LogP contribution is -2.12. The van der Waals surface area contributed by atoms with Crippen LogP contribution in [0.1, 0.15) is 18.8 Å². The highest BCUT2D eigenvalue weighted by Gasteiger charge is 2.12. The van der Waals surface area contributed by atoms with Crippen molar-refractivity contribution in [2.45, 2.75) is 13.0 Å². The summed E-state index contributed by atoms with van der Waals surface area (Å²) in [5, 5.41) is 11.6. The summed E-state index contributed by atoms with van der Waals surface area (Å²) in [4.78, 5) is 4.16. The monoisotopic (exact) mass is 237 g/mol. The Labute approximate surface area is 98.5 Å². The van der Waals surface area contributed by atoms with Crippen LogP contribution < -0.4 is 5.32 Å². The van der Waals surface area contributed by atoms with Crippen LogP contribution in [0.4, 0.5) is 5.82 Å². The number of nitrogens with one attached hydrogen (secondary N) is 1. The molecule has 2 heterocycles. The van der Waals surface area contributed by atoms with Crippen LogP contribution in [-0.2, 0) is 7.05 Å². The first-order valence-electron chi connectivity index (χ1n) is 4.89. The van der Waals surface area contributed by atoms with Crippen molar-refractivity contribution in [1.82, 2.24) is 19.7 Å². The standard InChI is InChI=1S/C10H12ClN5/c1-7(10-15-13-6-16(10)2)14-9-8(11)4-3-5-12-9/h3-7H,1-2H3,(H,12,14). The van der Waals surface area contributed by atoms with Crippen LogP contribution in [-0.4, -0.2) is 19.7 Å². The van der Waals surface area contributed by atoms with Gasteiger partial charge < -0.3 is 9.88 Å². The maximum atomic E-state index is 6.00. The van der Waals surface area contributed by atoms with E-state index in [0.29, 0.717) is 10.8 Å². The van der Waals surface area contributed by atoms with Crippen molar-refractivity contribution in [3.8, 4) is 0 Å². The minimum absolute atomic E-state index is 0.0000926. The summed E-state index contributed by atoms with van der Waals surface area (Å²) in [5.74, 6) is 1.49. The van der Waals surface area contributed by atoms with E-state index in [9.17, 15) is 0 Å². The zero-order valence-corrected chi connectivity index (χ0v) is 9.81. The molecule has 2 rings (SSSR count). The lowest BCUT2D eigenvalue weighted by Gasteiger charge is -2.14. The highest BCUT2D eigenvalue weighted by Crippen LogP contribution is 2.22. The van der Waals surface area contributed by atoms with E-state index in [4.69, 9.17) is 11.6 Å². The summed E-state index contributed by atoms with van der Waals surface area (Å²) < 4.78 is 1.86. The van der Waals surface area contributed by atoms with Gasteiger partial charge in [0, 0.05) is 13.2 Å². The smallest absolute Gasteiger partial charge is 0.154 e. The topological polar surface area (TPSA) is 55.6 Å². The Balaban J connectivity index is 2.17. The van der Waals surface area contributed by atoms with Crippen molar-refractivity contribution in [3.05, 3.63) is 35.5 Å². The molecule has 0 aliphatic rings. The Morgan fingerprint density at radius 3 is 2.94 bits per heavy atom. The molecular formula is C10H12ClN5. The van der Waals surface area contributed by atoms with Gasteiger partial charge >= 0.3 is 0 Å². The molecule has 0 amide bonds. The molecule has 6 heteroatoms. The highest BCUT2D eigenvalue weighted by molar-refractivity contribution is 6.32. The van der Waals surface area contributed by atoms with Gasteiger partial charge in [0.2, 0.25) is 0 Å². The predicted molar refractivity (Wildman–Crippen MR) is 62.3 cm³/mol. The first kappa shape index (κ1) is 10.9. The van der Waals surface area contributed by atoms with E-state index in [0.717, 1.165) is 5.82 Å². The van der Waals surface area contributed by atoms with E-state index in [-0.39, 0.29) is 6.04 Å². The van der Waals surface area contributed by atoms with Crippen molar-refractivity contribution in [2.75, 3.05) is 5.32 Å². The zero-order valence-electron chi connectivity index (χ0n) is 9.05. The third kappa shape index (κ3) is 2.14. The van der Waals surface area contributed by atoms with Crippen LogP contribution in [0.3, 0.4) is 0 Å². The minimum Gasteiger partial charge on any atom is -0.359 e. The number of pyridine rings is 1. The van der Waals surface area contributed by atoms with Crippen LogP contribution in [0, 0.1) is 0 Å². The molecule has 0 spiro atoms. The molecule has 1 N–H and O–H groups in total. The Hall–Kier alpha value is -1.62. The van der Waals surface area contributed by atoms with Crippen molar-refractivity contribution in [1.29, 1.82) is 0 Å². The quantitative estimate of drug-likeness (QED) is 0.888. The summed E-state index contributed by atoms with van der Waals surface area (Å²) in [5.41, 5.74) is 0. The van der Waals surface area contributed by atoms with E-state index >= 15 is 0 Å². The average Bonchev–Trinajstić information content (AvgIpc) is 2.68. The molecule has 84 valence electrons. The molecule has 0 radical (unpaired) electrons. The van der Waals surface area contributed by atoms with E-state index in [2.05, 4.69) is 20.5 Å². The van der Waals surface area contributed by atoms with Gasteiger partial charge in [-0.1, -0.05) is 11.6 Å². The van der Waals surface area contributed by atoms with E-state index < -0.39 is 0 Å². The van der Waals surface area contributed by atoms with Gasteiger partial charge in [-0.05, 0) is 19.1 Å². The van der Waals surface area contributed by atoms with E-state index in [1.807, 2.05) is 18.5 Å². The molecule has 5 nitrogen and oxygen atoms in total. The summed E-state index contributed by atoms with van der Waals surface area (Å²) in [6.07, 6.45) is 3.35. The largest absolute Gasteiger partial charge is 0.359 e. The van der Waals surface area contributed by atoms with Crippen LogP contribution in [0.5, 0.6) is 0 Å². The van der Waals surface area contributed by atoms with Crippen molar-refractivity contribution in [2.24, 2.45) is 7.05 Å². The second kappa shape index (κ2) is 4.49. The molecule has 0 fully saturated rings. The Kier molecular flexibility index (Phi) is 3.05. The first-order chi connectivity index (χ1) is 7.68. The second-order valence-electron chi connectivity index (χ2n) is 3.50. The van der Waals surface area contributed by atoms with Gasteiger partial charge in [0.05, 0.1) is 11.1 Å². The normalized spacial score (nSPS) is 12.4. The fraction of sp³-hybridized carbons (Fsp3) is 0.300. The molecule has 16 heavy (non-hydrogen) atoms. The van der Waals surface area contributed by atoms with Crippen LogP contribution in [0.25, 0.3) is 0 Å². The van der Waals surface area contributed by atoms with Gasteiger partial charge in [-0.15, -0.1) is 10.2 Å². The van der Waals surface area contributed by atoms with Gasteiger partial charge in [0.25, 0.3) is 0 Å². The molecule has 0 bridgehead atoms. The zero-order chi connectivity index (χ0) is 11.5. The number of aromatic nitrogens is 4. The fourth-order valence-electron chi connectivity index (χ4n) is 1.45. The van der Waals surface area contributed by atoms with Crippen molar-refractivity contribution < 1.29 is 0 Å². The molecule has 0 aliphatic heterocycles. The molecular weight excluding hydrogens is 226 g/mol. The molecule has 1 unspecified atom stereocenters. The number of aryl methyl sites for hydroxylation is 1. The summed E-state index contributed by atoms with van der Waals surface area (Å²) >= 11 is 6.00. The predicted octanol–water partition coefficient (Wildman–Crippen LogP) is 2.04. The van der Waals surface area contributed by atoms with E-state index in [1.54, 1.807) is 24.7 Å². The summed E-state index contributed by atoms with van der Waals surface area (Å²) in [6, 6.07) is 3.58. The molecule has 0 aromatic carbocycles. The maximum absolute atomic E-state index is 6.00. The molecule has 2 aromatic rings. The van der Waals surface area contributed by atoms with Crippen LogP contribution in [0.2, 0.25) is 5.02 Å². The third-order valence-electron chi connectivity index (χ3n) is 2.25. The van der Waals surface area contributed by atoms with Gasteiger partial charge in [0.1, 0.15) is 12.1 Å². The van der Waals surface area contributed by atoms with Gasteiger partial charge in [-0.25, -0.2) is 4.98 Å². The third-order valence-corrected chi connectivity index (χ3v) is 2.55. The number of rotatable bonds is 3. The lowest BCUT2D eigenvalue weighted by molar-refractivity contribution is 0.716. The highest BCUT2D eigenvalue weighted by atomic mass is 35.5. The number of anilines is 1. The molecule has 1 atom stereocenters. The minimum atomic E-state index is -0.0000926. The SMILES string of the molecule is CC(Nc1ncccc1Cl)c1nncn1C. The first-order valence-corrected chi connectivity index (χ1v) is 5.27. The van der Waals surface area contributed by atoms with E-state index in [1.165, 1.54) is 0 Å². The average molecular weight is 238 g/mol. The number of hydrogen-bond acceptors (Lipinski definition) is 4. The molecule has 0 saturated carbocycles. The number of halogens is 1. The molecule has 0 saturated heterocycles.